The van der Waals surface area contributed by atoms with Gasteiger partial charge in [-0.2, -0.15) is 0 Å². The minimum absolute atomic E-state index is 0.0153. The lowest BCUT2D eigenvalue weighted by Crippen LogP contribution is -2.37. The third-order valence-corrected chi connectivity index (χ3v) is 2.86. The van der Waals surface area contributed by atoms with Gasteiger partial charge in [0, 0.05) is 19.2 Å². The second kappa shape index (κ2) is 7.62. The molecule has 0 spiro atoms. The molecule has 1 rings (SSSR count). The summed E-state index contributed by atoms with van der Waals surface area (Å²) < 4.78 is 13.0. The molecule has 0 heterocycles. The van der Waals surface area contributed by atoms with Crippen LogP contribution in [-0.2, 0) is 9.59 Å². The van der Waals surface area contributed by atoms with Crippen LogP contribution >= 0.6 is 0 Å². The highest BCUT2D eigenvalue weighted by atomic mass is 19.1. The summed E-state index contributed by atoms with van der Waals surface area (Å²) in [5.41, 5.74) is 0.391. The molecule has 5 heteroatoms. The number of amides is 2. The Labute approximate surface area is 119 Å². The zero-order valence-electron chi connectivity index (χ0n) is 12.1. The molecule has 0 atom stereocenters. The Bertz CT molecular complexity index is 475. The van der Waals surface area contributed by atoms with Crippen molar-refractivity contribution in [1.29, 1.82) is 0 Å². The number of nitrogens with one attached hydrogen (secondary N) is 1. The maximum Gasteiger partial charge on any atom is 0.243 e. The molecule has 0 aromatic heterocycles. The van der Waals surface area contributed by atoms with Crippen LogP contribution in [0.3, 0.4) is 0 Å². The van der Waals surface area contributed by atoms with Crippen molar-refractivity contribution >= 4 is 17.5 Å². The van der Waals surface area contributed by atoms with E-state index in [-0.39, 0.29) is 18.4 Å². The van der Waals surface area contributed by atoms with Crippen LogP contribution in [0.15, 0.2) is 24.3 Å². The van der Waals surface area contributed by atoms with E-state index in [0.717, 1.165) is 6.42 Å². The average molecular weight is 280 g/mol. The number of carbonyl (C=O) groups excluding carboxylic acids is 2. The summed E-state index contributed by atoms with van der Waals surface area (Å²) in [7, 11) is 0. The van der Waals surface area contributed by atoms with Crippen molar-refractivity contribution in [3.63, 3.8) is 0 Å². The largest absolute Gasteiger partial charge is 0.334 e. The normalized spacial score (nSPS) is 10.4. The Morgan fingerprint density at radius 2 is 2.05 bits per heavy atom. The van der Waals surface area contributed by atoms with Crippen molar-refractivity contribution < 1.29 is 14.0 Å². The van der Waals surface area contributed by atoms with Crippen LogP contribution in [0.2, 0.25) is 0 Å². The van der Waals surface area contributed by atoms with Gasteiger partial charge >= 0.3 is 0 Å². The highest BCUT2D eigenvalue weighted by molar-refractivity contribution is 5.94. The number of nitrogens with zero attached hydrogens (tertiary/aromatic N) is 1. The van der Waals surface area contributed by atoms with Crippen LogP contribution in [0.4, 0.5) is 10.1 Å². The summed E-state index contributed by atoms with van der Waals surface area (Å²) in [6, 6.07) is 5.67. The molecule has 0 unspecified atom stereocenters. The molecule has 4 nitrogen and oxygen atoms in total. The first-order chi connectivity index (χ1) is 9.38. The lowest BCUT2D eigenvalue weighted by atomic mass is 10.1. The van der Waals surface area contributed by atoms with Gasteiger partial charge in [0.1, 0.15) is 5.82 Å². The van der Waals surface area contributed by atoms with E-state index in [1.54, 1.807) is 6.07 Å². The first-order valence-electron chi connectivity index (χ1n) is 6.69. The molecule has 0 fully saturated rings. The molecular formula is C15H21FN2O2. The van der Waals surface area contributed by atoms with Crippen LogP contribution in [0.5, 0.6) is 0 Å². The SMILES string of the molecule is CC(=O)N(CCC(C)C)CC(=O)Nc1cccc(F)c1. The van der Waals surface area contributed by atoms with Gasteiger partial charge in [-0.3, -0.25) is 9.59 Å². The molecular weight excluding hydrogens is 259 g/mol. The van der Waals surface area contributed by atoms with E-state index in [4.69, 9.17) is 0 Å². The van der Waals surface area contributed by atoms with Gasteiger partial charge in [-0.05, 0) is 30.5 Å². The fraction of sp³-hybridized carbons (Fsp3) is 0.467. The monoisotopic (exact) mass is 280 g/mol. The van der Waals surface area contributed by atoms with Crippen molar-refractivity contribution in [1.82, 2.24) is 4.90 Å². The maximum atomic E-state index is 13.0. The molecule has 0 saturated heterocycles. The van der Waals surface area contributed by atoms with Crippen LogP contribution in [0, 0.1) is 11.7 Å². The summed E-state index contributed by atoms with van der Waals surface area (Å²) in [6.45, 7) is 6.09. The molecule has 0 aliphatic rings. The van der Waals surface area contributed by atoms with Crippen LogP contribution in [-0.4, -0.2) is 29.8 Å². The third kappa shape index (κ3) is 5.82. The van der Waals surface area contributed by atoms with E-state index in [0.29, 0.717) is 18.2 Å². The summed E-state index contributed by atoms with van der Waals surface area (Å²) in [6.07, 6.45) is 0.840. The van der Waals surface area contributed by atoms with Gasteiger partial charge in [0.05, 0.1) is 6.54 Å². The number of benzene rings is 1. The second-order valence-corrected chi connectivity index (χ2v) is 5.18. The number of hydrogen-bond donors (Lipinski definition) is 1. The van der Waals surface area contributed by atoms with Crippen molar-refractivity contribution in [2.45, 2.75) is 27.2 Å². The van der Waals surface area contributed by atoms with Crippen molar-refractivity contribution in [3.05, 3.63) is 30.1 Å². The molecule has 1 aromatic rings. The first-order valence-corrected chi connectivity index (χ1v) is 6.69. The molecule has 0 aliphatic carbocycles. The van der Waals surface area contributed by atoms with Crippen molar-refractivity contribution in [3.8, 4) is 0 Å². The molecule has 2 amide bonds. The van der Waals surface area contributed by atoms with Gasteiger partial charge in [-0.1, -0.05) is 19.9 Å². The van der Waals surface area contributed by atoms with Gasteiger partial charge in [0.2, 0.25) is 11.8 Å². The average Bonchev–Trinajstić information content (AvgIpc) is 2.33. The molecule has 1 N–H and O–H groups in total. The van der Waals surface area contributed by atoms with Gasteiger partial charge in [-0.25, -0.2) is 4.39 Å². The fourth-order valence-corrected chi connectivity index (χ4v) is 1.70. The number of carbonyl (C=O) groups is 2. The minimum atomic E-state index is -0.411. The zero-order chi connectivity index (χ0) is 15.1. The summed E-state index contributed by atoms with van der Waals surface area (Å²) >= 11 is 0. The predicted molar refractivity (Wildman–Crippen MR) is 76.7 cm³/mol. The van der Waals surface area contributed by atoms with E-state index in [9.17, 15) is 14.0 Å². The van der Waals surface area contributed by atoms with Gasteiger partial charge in [0.25, 0.3) is 0 Å². The Morgan fingerprint density at radius 1 is 1.35 bits per heavy atom. The smallest absolute Gasteiger partial charge is 0.243 e. The molecule has 1 aromatic carbocycles. The van der Waals surface area contributed by atoms with Crippen LogP contribution in [0.1, 0.15) is 27.2 Å². The molecule has 0 radical (unpaired) electrons. The maximum absolute atomic E-state index is 13.0. The standard InChI is InChI=1S/C15H21FN2O2/c1-11(2)7-8-18(12(3)19)10-15(20)17-14-6-4-5-13(16)9-14/h4-6,9,11H,7-8,10H2,1-3H3,(H,17,20). The van der Waals surface area contributed by atoms with Gasteiger partial charge in [0.15, 0.2) is 0 Å². The lowest BCUT2D eigenvalue weighted by molar-refractivity contribution is -0.132. The van der Waals surface area contributed by atoms with E-state index >= 15 is 0 Å². The number of rotatable bonds is 6. The highest BCUT2D eigenvalue weighted by Crippen LogP contribution is 2.09. The Morgan fingerprint density at radius 3 is 2.60 bits per heavy atom. The minimum Gasteiger partial charge on any atom is -0.334 e. The Kier molecular flexibility index (Phi) is 6.15. The molecule has 0 bridgehead atoms. The topological polar surface area (TPSA) is 49.4 Å². The number of anilines is 1. The van der Waals surface area contributed by atoms with Crippen molar-refractivity contribution in [2.24, 2.45) is 5.92 Å². The van der Waals surface area contributed by atoms with Crippen LogP contribution < -0.4 is 5.32 Å². The molecule has 0 saturated carbocycles. The van der Waals surface area contributed by atoms with E-state index in [2.05, 4.69) is 19.2 Å². The quantitative estimate of drug-likeness (QED) is 0.871. The molecule has 20 heavy (non-hydrogen) atoms. The fourth-order valence-electron chi connectivity index (χ4n) is 1.70. The van der Waals surface area contributed by atoms with E-state index < -0.39 is 5.82 Å². The lowest BCUT2D eigenvalue weighted by Gasteiger charge is -2.21. The van der Waals surface area contributed by atoms with Gasteiger partial charge < -0.3 is 10.2 Å². The summed E-state index contributed by atoms with van der Waals surface area (Å²) in [5, 5.41) is 2.58. The van der Waals surface area contributed by atoms with Crippen LogP contribution in [0.25, 0.3) is 0 Å². The molecule has 0 aliphatic heterocycles. The first kappa shape index (κ1) is 16.1. The zero-order valence-corrected chi connectivity index (χ0v) is 12.1. The summed E-state index contributed by atoms with van der Waals surface area (Å²) in [4.78, 5) is 24.8. The Balaban J connectivity index is 2.55. The number of hydrogen-bond acceptors (Lipinski definition) is 2. The number of halogens is 1. The molecule has 110 valence electrons. The predicted octanol–water partition coefficient (Wildman–Crippen LogP) is 2.66. The third-order valence-electron chi connectivity index (χ3n) is 2.86. The Hall–Kier alpha value is -1.91. The van der Waals surface area contributed by atoms with Gasteiger partial charge in [-0.15, -0.1) is 0 Å². The van der Waals surface area contributed by atoms with Crippen molar-refractivity contribution in [2.75, 3.05) is 18.4 Å². The summed E-state index contributed by atoms with van der Waals surface area (Å²) in [5.74, 6) is -0.413. The van der Waals surface area contributed by atoms with E-state index in [1.807, 2.05) is 0 Å². The van der Waals surface area contributed by atoms with E-state index in [1.165, 1.54) is 30.0 Å². The second-order valence-electron chi connectivity index (χ2n) is 5.18. The highest BCUT2D eigenvalue weighted by Gasteiger charge is 2.14.